The van der Waals surface area contributed by atoms with Crippen LogP contribution in [0.15, 0.2) is 0 Å². The number of rotatable bonds is 0. The van der Waals surface area contributed by atoms with E-state index in [1.807, 2.05) is 0 Å². The molecule has 0 amide bonds. The van der Waals surface area contributed by atoms with Gasteiger partial charge in [-0.2, -0.15) is 0 Å². The summed E-state index contributed by atoms with van der Waals surface area (Å²) in [5.74, 6) is 0. The van der Waals surface area contributed by atoms with Crippen LogP contribution in [-0.2, 0) is 0 Å². The lowest BCUT2D eigenvalue weighted by Gasteiger charge is -1.72. The molecule has 6 heteroatoms. The molecule has 12 radical (unpaired) electrons. The quantitative estimate of drug-likeness (QED) is 0.350. The fourth-order valence-corrected chi connectivity index (χ4v) is 3.94. The summed E-state index contributed by atoms with van der Waals surface area (Å²) in [7, 11) is 2.24. The fraction of sp³-hybridized carbons (Fsp3) is 0. The van der Waals surface area contributed by atoms with Crippen molar-refractivity contribution < 1.29 is 0 Å². The topological polar surface area (TPSA) is 0 Å². The first-order valence-electron chi connectivity index (χ1n) is 4.50. The van der Waals surface area contributed by atoms with Crippen LogP contribution in [0.2, 0.25) is 0 Å². The zero-order valence-corrected chi connectivity index (χ0v) is 15.0. The van der Waals surface area contributed by atoms with Gasteiger partial charge in [0.15, 0.2) is 0 Å². The minimum Gasteiger partial charge on any atom is -0.124 e. The lowest BCUT2D eigenvalue weighted by molar-refractivity contribution is 2.66. The first-order valence-corrected chi connectivity index (χ1v) is 10.5. The summed E-state index contributed by atoms with van der Waals surface area (Å²) >= 11 is 0. The lowest BCUT2D eigenvalue weighted by atomic mass is 11.3. The third-order valence-corrected chi connectivity index (χ3v) is 5.62. The van der Waals surface area contributed by atoms with Crippen molar-refractivity contribution in [2.75, 3.05) is 0 Å². The molecule has 0 bridgehead atoms. The molecule has 1 aliphatic rings. The minimum atomic E-state index is 0.374. The first kappa shape index (κ1) is 14.7. The minimum absolute atomic E-state index is 0.374. The Balaban J connectivity index is 2.57. The Labute approximate surface area is 123 Å². The first-order chi connectivity index (χ1) is 9.00. The second-order valence-corrected chi connectivity index (χ2v) is 6.75. The van der Waals surface area contributed by atoms with Crippen LogP contribution in [-0.4, -0.2) is 57.1 Å². The van der Waals surface area contributed by atoms with Crippen LogP contribution in [0.3, 0.4) is 0 Å². The van der Waals surface area contributed by atoms with E-state index in [1.54, 1.807) is 0 Å². The van der Waals surface area contributed by atoms with Crippen LogP contribution >= 0.6 is 0 Å². The van der Waals surface area contributed by atoms with Gasteiger partial charge in [-0.1, -0.05) is 0 Å². The molecule has 0 fully saturated rings. The van der Waals surface area contributed by atoms with E-state index in [4.69, 9.17) is 0 Å². The van der Waals surface area contributed by atoms with E-state index in [0.717, 1.165) is 0 Å². The van der Waals surface area contributed by atoms with Gasteiger partial charge in [-0.05, 0) is 0 Å². The van der Waals surface area contributed by atoms with Gasteiger partial charge in [0.1, 0.15) is 0 Å². The van der Waals surface area contributed by atoms with E-state index in [1.165, 1.54) is 0 Å². The molecule has 0 aromatic carbocycles. The molecule has 0 unspecified atom stereocenters. The maximum absolute atomic E-state index is 3.01. The van der Waals surface area contributed by atoms with Crippen molar-refractivity contribution in [3.05, 3.63) is 0 Å². The van der Waals surface area contributed by atoms with Crippen LogP contribution in [0, 0.1) is 66.5 Å². The van der Waals surface area contributed by atoms with Crippen LogP contribution in [0.5, 0.6) is 0 Å². The summed E-state index contributed by atoms with van der Waals surface area (Å²) < 4.78 is 0. The fourth-order valence-electron chi connectivity index (χ4n) is 0.562. The van der Waals surface area contributed by atoms with E-state index in [9.17, 15) is 0 Å². The van der Waals surface area contributed by atoms with Gasteiger partial charge < -0.3 is 0 Å². The Morgan fingerprint density at radius 3 is 0.444 bits per heavy atom. The normalized spacial score (nSPS) is 13.3. The average molecular weight is 313 g/mol. The van der Waals surface area contributed by atoms with Crippen molar-refractivity contribution in [1.82, 2.24) is 0 Å². The third kappa shape index (κ3) is 9.86. The summed E-state index contributed by atoms with van der Waals surface area (Å²) in [6, 6.07) is 0. The van der Waals surface area contributed by atoms with E-state index in [2.05, 4.69) is 66.5 Å². The Bertz CT molecular complexity index is 449. The predicted molar refractivity (Wildman–Crippen MR) is 81.2 cm³/mol. The summed E-state index contributed by atoms with van der Waals surface area (Å²) in [6.07, 6.45) is 0. The van der Waals surface area contributed by atoms with Gasteiger partial charge in [0.25, 0.3) is 0 Å². The second-order valence-electron chi connectivity index (χ2n) is 2.25. The molecule has 0 saturated heterocycles. The van der Waals surface area contributed by atoms with Crippen LogP contribution in [0.1, 0.15) is 0 Å². The molecule has 0 nitrogen and oxygen atoms in total. The van der Waals surface area contributed by atoms with E-state index < -0.39 is 0 Å². The van der Waals surface area contributed by atoms with Gasteiger partial charge in [-0.25, -0.2) is 0 Å². The van der Waals surface area contributed by atoms with Crippen LogP contribution in [0.4, 0.5) is 0 Å². The predicted octanol–water partition coefficient (Wildman–Crippen LogP) is -2.26. The zero-order chi connectivity index (χ0) is 12.7. The molecule has 0 aliphatic carbocycles. The maximum atomic E-state index is 3.01. The highest BCUT2D eigenvalue weighted by Crippen LogP contribution is 1.61. The molecule has 0 aromatic heterocycles. The Kier molecular flexibility index (Phi) is 9.92. The van der Waals surface area contributed by atoms with Gasteiger partial charge in [-0.3, -0.25) is 0 Å². The second kappa shape index (κ2) is 12.1. The molecule has 18 heavy (non-hydrogen) atoms. The van der Waals surface area contributed by atoms with Gasteiger partial charge in [0, 0.05) is 0 Å². The molecular weight excluding hydrogens is 313 g/mol. The van der Waals surface area contributed by atoms with Crippen molar-refractivity contribution in [2.24, 2.45) is 0 Å². The SMILES string of the molecule is C1#C[Si]C#C[Si]C#C[Si]C#C[Si]C#C[Si]C#C[Si]1. The highest BCUT2D eigenvalue weighted by molar-refractivity contribution is 6.68. The van der Waals surface area contributed by atoms with E-state index >= 15 is 0 Å². The van der Waals surface area contributed by atoms with Crippen molar-refractivity contribution in [3.8, 4) is 66.5 Å². The average Bonchev–Trinajstić information content (AvgIpc) is 2.39. The molecule has 0 saturated carbocycles. The van der Waals surface area contributed by atoms with Crippen molar-refractivity contribution in [3.63, 3.8) is 0 Å². The molecule has 0 atom stereocenters. The molecule has 1 aliphatic heterocycles. The van der Waals surface area contributed by atoms with Crippen molar-refractivity contribution >= 4 is 57.1 Å². The molecule has 72 valence electrons. The Morgan fingerprint density at radius 1 is 0.222 bits per heavy atom. The molecule has 1 rings (SSSR count). The molecular formula is C12Si6. The largest absolute Gasteiger partial charge is 0.248 e. The highest BCUT2D eigenvalue weighted by atomic mass is 28.2. The van der Waals surface area contributed by atoms with Crippen LogP contribution in [0.25, 0.3) is 0 Å². The molecule has 1 heterocycles. The van der Waals surface area contributed by atoms with E-state index in [-0.39, 0.29) is 0 Å². The summed E-state index contributed by atoms with van der Waals surface area (Å²) in [6.45, 7) is 0. The summed E-state index contributed by atoms with van der Waals surface area (Å²) in [5, 5.41) is 0. The van der Waals surface area contributed by atoms with Gasteiger partial charge in [0.2, 0.25) is 57.1 Å². The standard InChI is InChI=1S/C12Si6/c1-2-14-5-6-16-9-10-18-12-11-17-8-7-15-4-3-13-1. The van der Waals surface area contributed by atoms with Crippen molar-refractivity contribution in [2.45, 2.75) is 0 Å². The highest BCUT2D eigenvalue weighted by Gasteiger charge is 1.78. The Hall–Kier alpha value is -1.34. The van der Waals surface area contributed by atoms with Gasteiger partial charge >= 0.3 is 0 Å². The van der Waals surface area contributed by atoms with Crippen LogP contribution < -0.4 is 0 Å². The molecule has 0 spiro atoms. The Morgan fingerprint density at radius 2 is 0.333 bits per heavy atom. The number of hydrogen-bond donors (Lipinski definition) is 0. The monoisotopic (exact) mass is 312 g/mol. The van der Waals surface area contributed by atoms with Crippen molar-refractivity contribution in [1.29, 1.82) is 0 Å². The maximum Gasteiger partial charge on any atom is 0.248 e. The summed E-state index contributed by atoms with van der Waals surface area (Å²) in [5.41, 5.74) is 36.1. The van der Waals surface area contributed by atoms with Gasteiger partial charge in [0.05, 0.1) is 0 Å². The smallest absolute Gasteiger partial charge is 0.124 e. The van der Waals surface area contributed by atoms with Gasteiger partial charge in [-0.15, -0.1) is 66.5 Å². The molecule has 0 N–H and O–H groups in total. The molecule has 0 aromatic rings. The zero-order valence-electron chi connectivity index (χ0n) is 9.00. The summed E-state index contributed by atoms with van der Waals surface area (Å²) in [4.78, 5) is 0. The third-order valence-electron chi connectivity index (χ3n) is 1.12. The van der Waals surface area contributed by atoms with E-state index in [0.29, 0.717) is 57.1 Å². The lowest BCUT2D eigenvalue weighted by Crippen LogP contribution is -1.89. The number of hydrogen-bond acceptors (Lipinski definition) is 0.